The summed E-state index contributed by atoms with van der Waals surface area (Å²) in [6, 6.07) is -0.551. The lowest BCUT2D eigenvalue weighted by molar-refractivity contribution is -0.122. The zero-order valence-electron chi connectivity index (χ0n) is 9.89. The van der Waals surface area contributed by atoms with Gasteiger partial charge in [-0.25, -0.2) is 8.42 Å². The van der Waals surface area contributed by atoms with E-state index in [0.29, 0.717) is 12.8 Å². The molecule has 0 aromatic heterocycles. The highest BCUT2D eigenvalue weighted by Gasteiger charge is 2.35. The van der Waals surface area contributed by atoms with Crippen molar-refractivity contribution in [3.05, 3.63) is 0 Å². The van der Waals surface area contributed by atoms with Gasteiger partial charge in [-0.3, -0.25) is 4.79 Å². The van der Waals surface area contributed by atoms with E-state index < -0.39 is 27.0 Å². The molecule has 1 aliphatic rings. The molecule has 1 aliphatic heterocycles. The van der Waals surface area contributed by atoms with Gasteiger partial charge in [0.2, 0.25) is 5.91 Å². The summed E-state index contributed by atoms with van der Waals surface area (Å²) >= 11 is 0. The first kappa shape index (κ1) is 14.4. The molecular formula is C10H19NO5S. The summed E-state index contributed by atoms with van der Waals surface area (Å²) in [4.78, 5) is 11.8. The Hall–Kier alpha value is -0.660. The van der Waals surface area contributed by atoms with Crippen molar-refractivity contribution >= 4 is 15.7 Å². The summed E-state index contributed by atoms with van der Waals surface area (Å²) in [7, 11) is -1.88. The molecule has 0 aromatic rings. The minimum Gasteiger partial charge on any atom is -0.394 e. The SMILES string of the molecule is COCC(CO)NC(=O)C1CCCCS1(=O)=O. The topological polar surface area (TPSA) is 92.7 Å². The third-order valence-corrected chi connectivity index (χ3v) is 4.98. The molecule has 1 rings (SSSR count). The smallest absolute Gasteiger partial charge is 0.238 e. The van der Waals surface area contributed by atoms with Crippen molar-refractivity contribution in [2.45, 2.75) is 30.6 Å². The van der Waals surface area contributed by atoms with Crippen LogP contribution >= 0.6 is 0 Å². The standard InChI is InChI=1S/C10H19NO5S/c1-16-7-8(6-12)11-10(13)9-4-2-3-5-17(9,14)15/h8-9,12H,2-7H2,1H3,(H,11,13). The van der Waals surface area contributed by atoms with Crippen molar-refractivity contribution in [3.8, 4) is 0 Å². The van der Waals surface area contributed by atoms with Crippen LogP contribution in [0.5, 0.6) is 0 Å². The van der Waals surface area contributed by atoms with E-state index >= 15 is 0 Å². The van der Waals surface area contributed by atoms with Crippen molar-refractivity contribution in [1.29, 1.82) is 0 Å². The van der Waals surface area contributed by atoms with Gasteiger partial charge in [0.15, 0.2) is 9.84 Å². The van der Waals surface area contributed by atoms with E-state index in [-0.39, 0.29) is 19.0 Å². The first-order chi connectivity index (χ1) is 8.01. The van der Waals surface area contributed by atoms with Crippen LogP contribution < -0.4 is 5.32 Å². The molecule has 0 bridgehead atoms. The highest BCUT2D eigenvalue weighted by molar-refractivity contribution is 7.92. The number of aliphatic hydroxyl groups excluding tert-OH is 1. The molecule has 2 atom stereocenters. The quantitative estimate of drug-likeness (QED) is 0.670. The summed E-state index contributed by atoms with van der Waals surface area (Å²) in [5.41, 5.74) is 0. The van der Waals surface area contributed by atoms with Crippen molar-refractivity contribution in [2.24, 2.45) is 0 Å². The number of aliphatic hydroxyl groups is 1. The normalized spacial score (nSPS) is 25.2. The zero-order chi connectivity index (χ0) is 12.9. The third-order valence-electron chi connectivity index (χ3n) is 2.81. The van der Waals surface area contributed by atoms with Crippen LogP contribution in [-0.4, -0.2) is 56.8 Å². The first-order valence-electron chi connectivity index (χ1n) is 5.63. The summed E-state index contributed by atoms with van der Waals surface area (Å²) in [6.07, 6.45) is 1.72. The predicted molar refractivity (Wildman–Crippen MR) is 62.3 cm³/mol. The molecule has 1 fully saturated rings. The lowest BCUT2D eigenvalue weighted by Gasteiger charge is -2.24. The molecule has 6 nitrogen and oxygen atoms in total. The number of nitrogens with one attached hydrogen (secondary N) is 1. The summed E-state index contributed by atoms with van der Waals surface area (Å²) in [5.74, 6) is -0.458. The Labute approximate surface area is 101 Å². The van der Waals surface area contributed by atoms with Crippen molar-refractivity contribution in [2.75, 3.05) is 26.1 Å². The fourth-order valence-corrected chi connectivity index (χ4v) is 3.70. The summed E-state index contributed by atoms with van der Waals surface area (Å²) in [6.45, 7) is -0.110. The fourth-order valence-electron chi connectivity index (χ4n) is 1.88. The van der Waals surface area contributed by atoms with Gasteiger partial charge in [-0.15, -0.1) is 0 Å². The molecule has 100 valence electrons. The Morgan fingerprint density at radius 1 is 1.53 bits per heavy atom. The molecule has 2 unspecified atom stereocenters. The van der Waals surface area contributed by atoms with Gasteiger partial charge in [0.1, 0.15) is 5.25 Å². The van der Waals surface area contributed by atoms with Crippen LogP contribution in [0.25, 0.3) is 0 Å². The van der Waals surface area contributed by atoms with Crippen LogP contribution in [-0.2, 0) is 19.4 Å². The number of sulfone groups is 1. The number of hydrogen-bond donors (Lipinski definition) is 2. The average Bonchev–Trinajstić information content (AvgIpc) is 2.27. The van der Waals surface area contributed by atoms with Crippen LogP contribution in [0.1, 0.15) is 19.3 Å². The average molecular weight is 265 g/mol. The van der Waals surface area contributed by atoms with E-state index in [1.54, 1.807) is 0 Å². The molecule has 0 aliphatic carbocycles. The number of ether oxygens (including phenoxy) is 1. The monoisotopic (exact) mass is 265 g/mol. The second-order valence-electron chi connectivity index (χ2n) is 4.19. The highest BCUT2D eigenvalue weighted by atomic mass is 32.2. The molecule has 2 N–H and O–H groups in total. The van der Waals surface area contributed by atoms with Crippen molar-refractivity contribution < 1.29 is 23.1 Å². The summed E-state index contributed by atoms with van der Waals surface area (Å²) < 4.78 is 28.2. The maximum absolute atomic E-state index is 11.8. The maximum atomic E-state index is 11.8. The Balaban J connectivity index is 2.62. The second-order valence-corrected chi connectivity index (χ2v) is 6.50. The zero-order valence-corrected chi connectivity index (χ0v) is 10.7. The van der Waals surface area contributed by atoms with Gasteiger partial charge in [0.25, 0.3) is 0 Å². The second kappa shape index (κ2) is 6.32. The van der Waals surface area contributed by atoms with E-state index in [1.807, 2.05) is 0 Å². The van der Waals surface area contributed by atoms with Gasteiger partial charge >= 0.3 is 0 Å². The number of amides is 1. The number of hydrogen-bond acceptors (Lipinski definition) is 5. The van der Waals surface area contributed by atoms with Gasteiger partial charge in [0.05, 0.1) is 25.0 Å². The van der Waals surface area contributed by atoms with Crippen LogP contribution in [0, 0.1) is 0 Å². The first-order valence-corrected chi connectivity index (χ1v) is 7.34. The molecule has 17 heavy (non-hydrogen) atoms. The predicted octanol–water partition coefficient (Wildman–Crippen LogP) is -0.923. The minimum atomic E-state index is -3.33. The number of carbonyl (C=O) groups is 1. The number of rotatable bonds is 5. The van der Waals surface area contributed by atoms with Crippen LogP contribution in [0.2, 0.25) is 0 Å². The van der Waals surface area contributed by atoms with E-state index in [4.69, 9.17) is 9.84 Å². The molecular weight excluding hydrogens is 246 g/mol. The van der Waals surface area contributed by atoms with Gasteiger partial charge in [0, 0.05) is 7.11 Å². The molecule has 0 radical (unpaired) electrons. The van der Waals surface area contributed by atoms with E-state index in [1.165, 1.54) is 7.11 Å². The van der Waals surface area contributed by atoms with Crippen molar-refractivity contribution in [1.82, 2.24) is 5.32 Å². The molecule has 7 heteroatoms. The van der Waals surface area contributed by atoms with Crippen LogP contribution in [0.15, 0.2) is 0 Å². The molecule has 0 aromatic carbocycles. The molecule has 0 saturated carbocycles. The van der Waals surface area contributed by atoms with E-state index in [2.05, 4.69) is 5.32 Å². The Morgan fingerprint density at radius 3 is 2.76 bits per heavy atom. The lowest BCUT2D eigenvalue weighted by Crippen LogP contribution is -2.49. The number of methoxy groups -OCH3 is 1. The maximum Gasteiger partial charge on any atom is 0.238 e. The third kappa shape index (κ3) is 3.93. The Bertz CT molecular complexity index is 354. The Morgan fingerprint density at radius 2 is 2.24 bits per heavy atom. The van der Waals surface area contributed by atoms with Gasteiger partial charge < -0.3 is 15.2 Å². The van der Waals surface area contributed by atoms with Crippen LogP contribution in [0.4, 0.5) is 0 Å². The minimum absolute atomic E-state index is 0.0686. The molecule has 1 heterocycles. The van der Waals surface area contributed by atoms with Crippen LogP contribution in [0.3, 0.4) is 0 Å². The lowest BCUT2D eigenvalue weighted by atomic mass is 10.1. The number of carbonyl (C=O) groups excluding carboxylic acids is 1. The largest absolute Gasteiger partial charge is 0.394 e. The van der Waals surface area contributed by atoms with E-state index in [0.717, 1.165) is 6.42 Å². The molecule has 1 amide bonds. The molecule has 0 spiro atoms. The van der Waals surface area contributed by atoms with Gasteiger partial charge in [-0.05, 0) is 12.8 Å². The Kier molecular flexibility index (Phi) is 5.35. The van der Waals surface area contributed by atoms with Gasteiger partial charge in [-0.2, -0.15) is 0 Å². The highest BCUT2D eigenvalue weighted by Crippen LogP contribution is 2.19. The van der Waals surface area contributed by atoms with Gasteiger partial charge in [-0.1, -0.05) is 6.42 Å². The van der Waals surface area contributed by atoms with Crippen molar-refractivity contribution in [3.63, 3.8) is 0 Å². The van der Waals surface area contributed by atoms with E-state index in [9.17, 15) is 13.2 Å². The summed E-state index contributed by atoms with van der Waals surface area (Å²) in [5, 5.41) is 10.5. The molecule has 1 saturated heterocycles. The fraction of sp³-hybridized carbons (Fsp3) is 0.900.